The number of hydrogen-bond acceptors (Lipinski definition) is 6. The molecule has 1 rings (SSSR count). The zero-order chi connectivity index (χ0) is 11.6. The van der Waals surface area contributed by atoms with Crippen LogP contribution in [0.3, 0.4) is 0 Å². The zero-order valence-corrected chi connectivity index (χ0v) is 10.4. The maximum Gasteiger partial charge on any atom is 0.167 e. The van der Waals surface area contributed by atoms with Gasteiger partial charge in [-0.25, -0.2) is 0 Å². The maximum atomic E-state index is 5.82. The molecule has 0 saturated carbocycles. The van der Waals surface area contributed by atoms with Crippen molar-refractivity contribution in [2.75, 3.05) is 25.2 Å². The first-order chi connectivity index (χ1) is 7.04. The molecule has 0 amide bonds. The number of methoxy groups -OCH3 is 1. The van der Waals surface area contributed by atoms with Gasteiger partial charge < -0.3 is 20.9 Å². The molecule has 0 spiro atoms. The molecule has 84 valence electrons. The smallest absolute Gasteiger partial charge is 0.167 e. The molecule has 0 aliphatic rings. The molecule has 0 radical (unpaired) electrons. The van der Waals surface area contributed by atoms with Crippen LogP contribution in [-0.4, -0.2) is 13.7 Å². The molecule has 0 atom stereocenters. The third kappa shape index (κ3) is 2.05. The van der Waals surface area contributed by atoms with E-state index in [1.54, 1.807) is 0 Å². The summed E-state index contributed by atoms with van der Waals surface area (Å²) < 4.78 is 10.4. The highest BCUT2D eigenvalue weighted by Gasteiger charge is 2.18. The zero-order valence-electron chi connectivity index (χ0n) is 8.57. The van der Waals surface area contributed by atoms with E-state index in [9.17, 15) is 0 Å². The molecule has 15 heavy (non-hydrogen) atoms. The Balaban J connectivity index is 3.44. The number of thiol groups is 2. The Kier molecular flexibility index (Phi) is 3.87. The summed E-state index contributed by atoms with van der Waals surface area (Å²) in [7, 11) is 1.51. The molecular weight excluding hydrogens is 232 g/mol. The molecule has 6 heteroatoms. The van der Waals surface area contributed by atoms with Crippen LogP contribution in [0.25, 0.3) is 0 Å². The molecule has 0 saturated heterocycles. The van der Waals surface area contributed by atoms with Crippen LogP contribution in [0.2, 0.25) is 0 Å². The number of nitrogen functional groups attached to an aromatic ring is 2. The number of ether oxygens (including phenoxy) is 2. The Morgan fingerprint density at radius 2 is 1.53 bits per heavy atom. The van der Waals surface area contributed by atoms with Crippen molar-refractivity contribution in [1.29, 1.82) is 0 Å². The lowest BCUT2D eigenvalue weighted by atomic mass is 10.2. The number of rotatable bonds is 3. The second-order valence-electron chi connectivity index (χ2n) is 2.82. The van der Waals surface area contributed by atoms with Gasteiger partial charge >= 0.3 is 0 Å². The van der Waals surface area contributed by atoms with Gasteiger partial charge in [0.1, 0.15) is 5.75 Å². The Morgan fingerprint density at radius 3 is 1.87 bits per heavy atom. The minimum atomic E-state index is 0.368. The minimum Gasteiger partial charge on any atom is -0.494 e. The summed E-state index contributed by atoms with van der Waals surface area (Å²) in [5.41, 5.74) is 12.4. The van der Waals surface area contributed by atoms with Gasteiger partial charge in [0, 0.05) is 0 Å². The van der Waals surface area contributed by atoms with Gasteiger partial charge in [0.25, 0.3) is 0 Å². The van der Waals surface area contributed by atoms with E-state index in [0.29, 0.717) is 39.3 Å². The van der Waals surface area contributed by atoms with E-state index in [2.05, 4.69) is 25.3 Å². The fraction of sp³-hybridized carbons (Fsp3) is 0.333. The van der Waals surface area contributed by atoms with Gasteiger partial charge in [-0.05, 0) is 6.92 Å². The van der Waals surface area contributed by atoms with Crippen molar-refractivity contribution >= 4 is 36.6 Å². The molecule has 4 N–H and O–H groups in total. The standard InChI is InChI=1S/C9H14N2O2S2/c1-3-13-6-4(10)8(14)7(12-2)9(15)5(6)11/h14-15H,3,10-11H2,1-2H3. The molecule has 0 aliphatic heterocycles. The van der Waals surface area contributed by atoms with Crippen LogP contribution in [0, 0.1) is 0 Å². The molecule has 1 aromatic rings. The molecule has 4 nitrogen and oxygen atoms in total. The van der Waals surface area contributed by atoms with Gasteiger partial charge in [0.05, 0.1) is 34.9 Å². The second kappa shape index (κ2) is 4.76. The predicted octanol–water partition coefficient (Wildman–Crippen LogP) is 1.84. The quantitative estimate of drug-likeness (QED) is 0.485. The van der Waals surface area contributed by atoms with Crippen molar-refractivity contribution in [3.8, 4) is 11.5 Å². The summed E-state index contributed by atoms with van der Waals surface area (Å²) in [4.78, 5) is 0.973. The van der Waals surface area contributed by atoms with Crippen LogP contribution in [-0.2, 0) is 0 Å². The van der Waals surface area contributed by atoms with Crippen molar-refractivity contribution in [2.45, 2.75) is 16.7 Å². The molecule has 0 bridgehead atoms. The molecule has 0 aliphatic carbocycles. The van der Waals surface area contributed by atoms with Gasteiger partial charge in [0.2, 0.25) is 0 Å². The lowest BCUT2D eigenvalue weighted by Crippen LogP contribution is -2.04. The number of hydrogen-bond donors (Lipinski definition) is 4. The van der Waals surface area contributed by atoms with Gasteiger partial charge in [-0.15, -0.1) is 25.3 Å². The van der Waals surface area contributed by atoms with Gasteiger partial charge in [-0.1, -0.05) is 0 Å². The van der Waals surface area contributed by atoms with E-state index in [1.807, 2.05) is 6.92 Å². The van der Waals surface area contributed by atoms with Crippen molar-refractivity contribution in [3.05, 3.63) is 0 Å². The van der Waals surface area contributed by atoms with Crippen molar-refractivity contribution in [1.82, 2.24) is 0 Å². The van der Waals surface area contributed by atoms with Crippen molar-refractivity contribution in [2.24, 2.45) is 0 Å². The van der Waals surface area contributed by atoms with E-state index in [1.165, 1.54) is 7.11 Å². The molecular formula is C9H14N2O2S2. The Hall–Kier alpha value is -0.880. The molecule has 0 fully saturated rings. The third-order valence-electron chi connectivity index (χ3n) is 1.92. The first-order valence-electron chi connectivity index (χ1n) is 4.34. The fourth-order valence-corrected chi connectivity index (χ4v) is 1.91. The summed E-state index contributed by atoms with van der Waals surface area (Å²) in [6, 6.07) is 0. The molecule has 0 aromatic heterocycles. The maximum absolute atomic E-state index is 5.82. The van der Waals surface area contributed by atoms with Crippen LogP contribution < -0.4 is 20.9 Å². The first kappa shape index (κ1) is 12.2. The van der Waals surface area contributed by atoms with Gasteiger partial charge in [-0.3, -0.25) is 0 Å². The average molecular weight is 246 g/mol. The summed E-state index contributed by atoms with van der Waals surface area (Å²) in [5, 5.41) is 0. The lowest BCUT2D eigenvalue weighted by Gasteiger charge is -2.17. The van der Waals surface area contributed by atoms with E-state index >= 15 is 0 Å². The highest BCUT2D eigenvalue weighted by molar-refractivity contribution is 7.81. The summed E-state index contributed by atoms with van der Waals surface area (Å²) in [5.74, 6) is 0.869. The highest BCUT2D eigenvalue weighted by atomic mass is 32.1. The first-order valence-corrected chi connectivity index (χ1v) is 5.23. The Labute approximate surface area is 99.7 Å². The molecule has 0 unspecified atom stereocenters. The predicted molar refractivity (Wildman–Crippen MR) is 67.5 cm³/mol. The normalized spacial score (nSPS) is 10.1. The van der Waals surface area contributed by atoms with E-state index in [4.69, 9.17) is 20.9 Å². The van der Waals surface area contributed by atoms with E-state index in [-0.39, 0.29) is 0 Å². The number of nitrogens with two attached hydrogens (primary N) is 2. The highest BCUT2D eigenvalue weighted by Crippen LogP contribution is 2.46. The molecule has 1 aromatic carbocycles. The molecule has 0 heterocycles. The van der Waals surface area contributed by atoms with Crippen LogP contribution in [0.15, 0.2) is 9.79 Å². The largest absolute Gasteiger partial charge is 0.494 e. The van der Waals surface area contributed by atoms with Gasteiger partial charge in [0.15, 0.2) is 5.75 Å². The Bertz CT molecular complexity index is 354. The number of anilines is 2. The van der Waals surface area contributed by atoms with Crippen LogP contribution >= 0.6 is 25.3 Å². The van der Waals surface area contributed by atoms with E-state index in [0.717, 1.165) is 0 Å². The van der Waals surface area contributed by atoms with Crippen LogP contribution in [0.4, 0.5) is 11.4 Å². The topological polar surface area (TPSA) is 70.5 Å². The Morgan fingerprint density at radius 1 is 1.07 bits per heavy atom. The average Bonchev–Trinajstić information content (AvgIpc) is 2.23. The van der Waals surface area contributed by atoms with Gasteiger partial charge in [-0.2, -0.15) is 0 Å². The minimum absolute atomic E-state index is 0.368. The summed E-state index contributed by atoms with van der Waals surface area (Å²) >= 11 is 8.47. The third-order valence-corrected chi connectivity index (χ3v) is 2.81. The second-order valence-corrected chi connectivity index (χ2v) is 3.71. The van der Waals surface area contributed by atoms with Crippen LogP contribution in [0.5, 0.6) is 11.5 Å². The summed E-state index contributed by atoms with van der Waals surface area (Å²) in [6.07, 6.45) is 0. The van der Waals surface area contributed by atoms with E-state index < -0.39 is 0 Å². The summed E-state index contributed by atoms with van der Waals surface area (Å²) in [6.45, 7) is 2.32. The van der Waals surface area contributed by atoms with Crippen molar-refractivity contribution < 1.29 is 9.47 Å². The van der Waals surface area contributed by atoms with Crippen molar-refractivity contribution in [3.63, 3.8) is 0 Å². The fourth-order valence-electron chi connectivity index (χ4n) is 1.21. The lowest BCUT2D eigenvalue weighted by molar-refractivity contribution is 0.339. The van der Waals surface area contributed by atoms with Crippen LogP contribution in [0.1, 0.15) is 6.92 Å². The number of benzene rings is 1. The monoisotopic (exact) mass is 246 g/mol. The SMILES string of the molecule is CCOc1c(N)c(S)c(OC)c(S)c1N.